The number of ether oxygens (including phenoxy) is 1. The molecule has 0 radical (unpaired) electrons. The number of hydrogen-bond acceptors (Lipinski definition) is 3. The van der Waals surface area contributed by atoms with Crippen LogP contribution in [0.5, 0.6) is 0 Å². The lowest BCUT2D eigenvalue weighted by molar-refractivity contribution is -0.170. The predicted octanol–water partition coefficient (Wildman–Crippen LogP) is 8.56. The summed E-state index contributed by atoms with van der Waals surface area (Å²) < 4.78 is 6.11. The molecule has 0 aromatic rings. The molecule has 3 unspecified atom stereocenters. The average molecular weight is 566 g/mol. The molecule has 0 spiro atoms. The zero-order valence-electron chi connectivity index (χ0n) is 26.6. The van der Waals surface area contributed by atoms with Gasteiger partial charge in [-0.3, -0.25) is 9.59 Å². The molecule has 7 saturated carbocycles. The SMILES string of the molecule is CN1C(=O)CC[C@]2(C)C3CC[C@@]4(C)C(CC[C@@H]4CCCCCCCC(=O)OC4C5CC6CC(C5)CC4C6)C3CC[C@@H]12. The van der Waals surface area contributed by atoms with Gasteiger partial charge in [-0.15, -0.1) is 0 Å². The number of likely N-dealkylation sites (tertiary alicyclic amines) is 1. The summed E-state index contributed by atoms with van der Waals surface area (Å²) in [6.07, 6.45) is 25.4. The second-order valence-corrected chi connectivity index (χ2v) is 17.0. The Morgan fingerprint density at radius 1 is 0.805 bits per heavy atom. The number of unbranched alkanes of at least 4 members (excludes halogenated alkanes) is 4. The van der Waals surface area contributed by atoms with Gasteiger partial charge in [0.25, 0.3) is 0 Å². The van der Waals surface area contributed by atoms with E-state index in [4.69, 9.17) is 4.74 Å². The van der Waals surface area contributed by atoms with Crippen molar-refractivity contribution in [3.8, 4) is 0 Å². The molecule has 0 aromatic heterocycles. The Hall–Kier alpha value is -1.06. The van der Waals surface area contributed by atoms with Crippen molar-refractivity contribution in [2.75, 3.05) is 7.05 Å². The van der Waals surface area contributed by atoms with Crippen molar-refractivity contribution in [1.82, 2.24) is 4.90 Å². The topological polar surface area (TPSA) is 46.6 Å². The van der Waals surface area contributed by atoms with Gasteiger partial charge in [0.1, 0.15) is 6.10 Å². The minimum Gasteiger partial charge on any atom is -0.462 e. The van der Waals surface area contributed by atoms with Crippen molar-refractivity contribution < 1.29 is 14.3 Å². The van der Waals surface area contributed by atoms with E-state index in [1.807, 2.05) is 0 Å². The second-order valence-electron chi connectivity index (χ2n) is 17.0. The summed E-state index contributed by atoms with van der Waals surface area (Å²) in [5, 5.41) is 0. The molecule has 8 fully saturated rings. The van der Waals surface area contributed by atoms with Crippen LogP contribution in [0, 0.1) is 58.2 Å². The standard InChI is InChI=1S/C37H59NO3/c1-36-17-15-31-29(12-14-32-37(31,2)18-16-33(39)38(32)3)30(36)13-11-28(36)9-7-5-4-6-8-10-34(40)41-35-26-20-24-19-25(22-26)23-27(35)21-24/h24-32,35H,4-23H2,1-3H3/t24?,25?,26?,27?,28-,29?,30?,31?,32+,35?,36+,37+/m0/s1. The Balaban J connectivity index is 0.821. The number of esters is 1. The third-order valence-electron chi connectivity index (χ3n) is 15.1. The van der Waals surface area contributed by atoms with Gasteiger partial charge in [0.15, 0.2) is 0 Å². The number of hydrogen-bond donors (Lipinski definition) is 0. The first-order chi connectivity index (χ1) is 19.8. The maximum Gasteiger partial charge on any atom is 0.306 e. The molecule has 4 heteroatoms. The van der Waals surface area contributed by atoms with Crippen molar-refractivity contribution in [3.05, 3.63) is 0 Å². The molecule has 4 nitrogen and oxygen atoms in total. The van der Waals surface area contributed by atoms with Crippen molar-refractivity contribution in [1.29, 1.82) is 0 Å². The highest BCUT2D eigenvalue weighted by molar-refractivity contribution is 5.77. The molecule has 1 amide bonds. The molecular formula is C37H59NO3. The number of piperidine rings is 1. The zero-order valence-corrected chi connectivity index (χ0v) is 26.6. The van der Waals surface area contributed by atoms with Gasteiger partial charge in [0.2, 0.25) is 5.91 Å². The molecule has 1 saturated heterocycles. The van der Waals surface area contributed by atoms with Crippen LogP contribution < -0.4 is 0 Å². The van der Waals surface area contributed by atoms with E-state index in [9.17, 15) is 9.59 Å². The normalized spacial score (nSPS) is 48.1. The van der Waals surface area contributed by atoms with Crippen LogP contribution >= 0.6 is 0 Å². The summed E-state index contributed by atoms with van der Waals surface area (Å²) in [6.45, 7) is 5.22. The minimum atomic E-state index is 0.0948. The fraction of sp³-hybridized carbons (Fsp3) is 0.946. The lowest BCUT2D eigenvalue weighted by Crippen LogP contribution is -2.61. The highest BCUT2D eigenvalue weighted by Gasteiger charge is 2.61. The molecule has 7 aliphatic carbocycles. The smallest absolute Gasteiger partial charge is 0.306 e. The molecular weight excluding hydrogens is 506 g/mol. The van der Waals surface area contributed by atoms with E-state index < -0.39 is 0 Å². The molecule has 41 heavy (non-hydrogen) atoms. The number of rotatable bonds is 9. The highest BCUT2D eigenvalue weighted by atomic mass is 16.5. The summed E-state index contributed by atoms with van der Waals surface area (Å²) in [6, 6.07) is 0.478. The van der Waals surface area contributed by atoms with Crippen molar-refractivity contribution in [2.24, 2.45) is 58.2 Å². The fourth-order valence-corrected chi connectivity index (χ4v) is 13.2. The molecule has 4 bridgehead atoms. The molecule has 0 aromatic carbocycles. The first-order valence-corrected chi connectivity index (χ1v) is 18.2. The third kappa shape index (κ3) is 5.01. The lowest BCUT2D eigenvalue weighted by atomic mass is 9.46. The van der Waals surface area contributed by atoms with E-state index in [2.05, 4.69) is 25.8 Å². The molecule has 230 valence electrons. The quantitative estimate of drug-likeness (QED) is 0.208. The second kappa shape index (κ2) is 11.1. The Morgan fingerprint density at radius 2 is 1.49 bits per heavy atom. The Labute approximate surface area is 250 Å². The molecule has 7 atom stereocenters. The Morgan fingerprint density at radius 3 is 2.24 bits per heavy atom. The van der Waals surface area contributed by atoms with Crippen molar-refractivity contribution in [2.45, 2.75) is 154 Å². The van der Waals surface area contributed by atoms with Crippen LogP contribution in [0.15, 0.2) is 0 Å². The predicted molar refractivity (Wildman–Crippen MR) is 163 cm³/mol. The van der Waals surface area contributed by atoms with Gasteiger partial charge in [-0.25, -0.2) is 0 Å². The minimum absolute atomic E-state index is 0.0948. The zero-order chi connectivity index (χ0) is 28.4. The van der Waals surface area contributed by atoms with Crippen LogP contribution in [-0.2, 0) is 14.3 Å². The molecule has 1 aliphatic heterocycles. The molecule has 0 N–H and O–H groups in total. The van der Waals surface area contributed by atoms with E-state index in [0.29, 0.717) is 41.0 Å². The van der Waals surface area contributed by atoms with Crippen LogP contribution in [-0.4, -0.2) is 36.0 Å². The highest BCUT2D eigenvalue weighted by Crippen LogP contribution is 2.66. The fourth-order valence-electron chi connectivity index (χ4n) is 13.2. The number of nitrogens with zero attached hydrogens (tertiary/aromatic N) is 1. The average Bonchev–Trinajstić information content (AvgIpc) is 3.28. The van der Waals surface area contributed by atoms with E-state index in [1.54, 1.807) is 0 Å². The summed E-state index contributed by atoms with van der Waals surface area (Å²) in [4.78, 5) is 27.3. The summed E-state index contributed by atoms with van der Waals surface area (Å²) in [7, 11) is 2.08. The molecule has 8 rings (SSSR count). The van der Waals surface area contributed by atoms with Crippen LogP contribution in [0.2, 0.25) is 0 Å². The van der Waals surface area contributed by atoms with Crippen LogP contribution in [0.25, 0.3) is 0 Å². The first-order valence-electron chi connectivity index (χ1n) is 18.2. The summed E-state index contributed by atoms with van der Waals surface area (Å²) in [5.74, 6) is 7.25. The molecule has 1 heterocycles. The molecule has 8 aliphatic rings. The van der Waals surface area contributed by atoms with Crippen molar-refractivity contribution in [3.63, 3.8) is 0 Å². The number of amides is 1. The van der Waals surface area contributed by atoms with Gasteiger partial charge in [-0.05, 0) is 148 Å². The number of carbonyl (C=O) groups excluding carboxylic acids is 2. The van der Waals surface area contributed by atoms with Gasteiger partial charge in [-0.2, -0.15) is 0 Å². The van der Waals surface area contributed by atoms with E-state index >= 15 is 0 Å². The summed E-state index contributed by atoms with van der Waals surface area (Å²) in [5.41, 5.74) is 0.884. The van der Waals surface area contributed by atoms with E-state index in [0.717, 1.165) is 54.8 Å². The van der Waals surface area contributed by atoms with Gasteiger partial charge in [0.05, 0.1) is 0 Å². The van der Waals surface area contributed by atoms with Crippen LogP contribution in [0.3, 0.4) is 0 Å². The van der Waals surface area contributed by atoms with E-state index in [1.165, 1.54) is 103 Å². The number of fused-ring (bicyclic) bond motifs is 5. The van der Waals surface area contributed by atoms with Gasteiger partial charge >= 0.3 is 5.97 Å². The Kier molecular flexibility index (Phi) is 7.80. The van der Waals surface area contributed by atoms with Gasteiger partial charge in [-0.1, -0.05) is 39.5 Å². The number of carbonyl (C=O) groups is 2. The maximum atomic E-state index is 12.7. The van der Waals surface area contributed by atoms with Gasteiger partial charge < -0.3 is 9.64 Å². The van der Waals surface area contributed by atoms with Crippen LogP contribution in [0.4, 0.5) is 0 Å². The Bertz CT molecular complexity index is 965. The monoisotopic (exact) mass is 565 g/mol. The van der Waals surface area contributed by atoms with E-state index in [-0.39, 0.29) is 12.1 Å². The first kappa shape index (κ1) is 28.7. The van der Waals surface area contributed by atoms with Crippen LogP contribution in [0.1, 0.15) is 142 Å². The maximum absolute atomic E-state index is 12.7. The van der Waals surface area contributed by atoms with Crippen molar-refractivity contribution >= 4 is 11.9 Å². The lowest BCUT2D eigenvalue weighted by Gasteiger charge is -2.62. The largest absolute Gasteiger partial charge is 0.462 e. The third-order valence-corrected chi connectivity index (χ3v) is 15.1. The van der Waals surface area contributed by atoms with Gasteiger partial charge in [0, 0.05) is 25.9 Å². The summed E-state index contributed by atoms with van der Waals surface area (Å²) >= 11 is 0.